The van der Waals surface area contributed by atoms with Crippen molar-refractivity contribution in [2.45, 2.75) is 53.5 Å². The van der Waals surface area contributed by atoms with Gasteiger partial charge in [0.1, 0.15) is 0 Å². The van der Waals surface area contributed by atoms with Crippen molar-refractivity contribution in [3.63, 3.8) is 0 Å². The highest BCUT2D eigenvalue weighted by Gasteiger charge is 2.16. The highest BCUT2D eigenvalue weighted by atomic mass is 15.1. The fourth-order valence-electron chi connectivity index (χ4n) is 1.79. The monoisotopic (exact) mass is 197 g/mol. The summed E-state index contributed by atoms with van der Waals surface area (Å²) in [7, 11) is 0. The first kappa shape index (κ1) is 13.7. The Morgan fingerprint density at radius 1 is 1.07 bits per heavy atom. The molecule has 0 aliphatic heterocycles. The van der Waals surface area contributed by atoms with Crippen molar-refractivity contribution in [2.24, 2.45) is 5.92 Å². The van der Waals surface area contributed by atoms with E-state index in [1.54, 1.807) is 0 Å². The molecule has 1 nitrogen and oxygen atoms in total. The molecule has 14 heavy (non-hydrogen) atoms. The molecule has 84 valence electrons. The van der Waals surface area contributed by atoms with Crippen molar-refractivity contribution in [1.29, 1.82) is 0 Å². The van der Waals surface area contributed by atoms with Gasteiger partial charge in [0.05, 0.1) is 0 Å². The summed E-state index contributed by atoms with van der Waals surface area (Å²) in [6.45, 7) is 17.8. The summed E-state index contributed by atoms with van der Waals surface area (Å²) in [4.78, 5) is 2.54. The summed E-state index contributed by atoms with van der Waals surface area (Å²) in [6.07, 6.45) is 2.46. The molecule has 0 aliphatic rings. The molecule has 0 aromatic rings. The minimum Gasteiger partial charge on any atom is -0.297 e. The van der Waals surface area contributed by atoms with Gasteiger partial charge in [0, 0.05) is 6.04 Å². The van der Waals surface area contributed by atoms with E-state index in [0.717, 1.165) is 0 Å². The highest BCUT2D eigenvalue weighted by molar-refractivity contribution is 5.06. The van der Waals surface area contributed by atoms with Crippen LogP contribution in [0.15, 0.2) is 12.2 Å². The molecule has 1 atom stereocenters. The van der Waals surface area contributed by atoms with E-state index in [1.165, 1.54) is 31.5 Å². The van der Waals surface area contributed by atoms with Crippen molar-refractivity contribution in [3.8, 4) is 0 Å². The molecule has 1 heteroatoms. The van der Waals surface area contributed by atoms with Gasteiger partial charge in [0.2, 0.25) is 0 Å². The fourth-order valence-corrected chi connectivity index (χ4v) is 1.79. The van der Waals surface area contributed by atoms with Gasteiger partial charge in [-0.2, -0.15) is 0 Å². The van der Waals surface area contributed by atoms with Crippen molar-refractivity contribution in [3.05, 3.63) is 12.2 Å². The number of hydrogen-bond donors (Lipinski definition) is 0. The van der Waals surface area contributed by atoms with Crippen LogP contribution in [0.5, 0.6) is 0 Å². The third-order valence-corrected chi connectivity index (χ3v) is 2.85. The lowest BCUT2D eigenvalue weighted by atomic mass is 9.97. The molecule has 0 rings (SSSR count). The SMILES string of the molecule is C=C(C(C)C)C(C)N(CCC)CCC. The van der Waals surface area contributed by atoms with E-state index in [9.17, 15) is 0 Å². The Balaban J connectivity index is 4.26. The van der Waals surface area contributed by atoms with Crippen LogP contribution in [0, 0.1) is 5.92 Å². The van der Waals surface area contributed by atoms with Gasteiger partial charge in [-0.25, -0.2) is 0 Å². The Hall–Kier alpha value is -0.300. The van der Waals surface area contributed by atoms with Crippen LogP contribution in [0.25, 0.3) is 0 Å². The van der Waals surface area contributed by atoms with E-state index in [2.05, 4.69) is 46.1 Å². The maximum atomic E-state index is 4.20. The van der Waals surface area contributed by atoms with Crippen LogP contribution < -0.4 is 0 Å². The predicted molar refractivity (Wildman–Crippen MR) is 65.6 cm³/mol. The molecular formula is C13H27N. The van der Waals surface area contributed by atoms with Crippen molar-refractivity contribution < 1.29 is 0 Å². The standard InChI is InChI=1S/C13H27N/c1-7-9-14(10-8-2)13(6)12(5)11(3)4/h11,13H,5,7-10H2,1-4,6H3. The first-order valence-corrected chi connectivity index (χ1v) is 5.97. The molecule has 0 saturated heterocycles. The molecule has 0 aliphatic carbocycles. The van der Waals surface area contributed by atoms with Crippen LogP contribution in [0.4, 0.5) is 0 Å². The molecule has 1 unspecified atom stereocenters. The Bertz CT molecular complexity index is 155. The van der Waals surface area contributed by atoms with Gasteiger partial charge in [-0.3, -0.25) is 4.90 Å². The van der Waals surface area contributed by atoms with Gasteiger partial charge in [0.15, 0.2) is 0 Å². The third kappa shape index (κ3) is 4.28. The summed E-state index contributed by atoms with van der Waals surface area (Å²) in [6, 6.07) is 0.537. The summed E-state index contributed by atoms with van der Waals surface area (Å²) in [5.74, 6) is 0.598. The van der Waals surface area contributed by atoms with Gasteiger partial charge >= 0.3 is 0 Å². The van der Waals surface area contributed by atoms with Gasteiger partial charge in [-0.05, 0) is 38.8 Å². The lowest BCUT2D eigenvalue weighted by molar-refractivity contribution is 0.226. The molecule has 0 radical (unpaired) electrons. The fraction of sp³-hybridized carbons (Fsp3) is 0.846. The lowest BCUT2D eigenvalue weighted by Gasteiger charge is -2.31. The Morgan fingerprint density at radius 2 is 1.50 bits per heavy atom. The number of hydrogen-bond acceptors (Lipinski definition) is 1. The molecule has 0 heterocycles. The lowest BCUT2D eigenvalue weighted by Crippen LogP contribution is -2.36. The first-order valence-electron chi connectivity index (χ1n) is 5.97. The second-order valence-corrected chi connectivity index (χ2v) is 4.44. The molecule has 0 aromatic heterocycles. The average molecular weight is 197 g/mol. The topological polar surface area (TPSA) is 3.24 Å². The van der Waals surface area contributed by atoms with Gasteiger partial charge in [0.25, 0.3) is 0 Å². The van der Waals surface area contributed by atoms with Crippen molar-refractivity contribution in [1.82, 2.24) is 4.90 Å². The van der Waals surface area contributed by atoms with E-state index in [1.807, 2.05) is 0 Å². The molecule has 0 spiro atoms. The molecular weight excluding hydrogens is 170 g/mol. The zero-order valence-corrected chi connectivity index (χ0v) is 10.6. The van der Waals surface area contributed by atoms with Gasteiger partial charge in [-0.1, -0.05) is 39.8 Å². The smallest absolute Gasteiger partial charge is 0.0279 e. The normalized spacial score (nSPS) is 13.6. The average Bonchev–Trinajstić information content (AvgIpc) is 2.15. The van der Waals surface area contributed by atoms with E-state index in [-0.39, 0.29) is 0 Å². The second-order valence-electron chi connectivity index (χ2n) is 4.44. The van der Waals surface area contributed by atoms with E-state index in [0.29, 0.717) is 12.0 Å². The first-order chi connectivity index (χ1) is 6.54. The van der Waals surface area contributed by atoms with Crippen LogP contribution in [0.3, 0.4) is 0 Å². The Labute approximate surface area is 90.2 Å². The third-order valence-electron chi connectivity index (χ3n) is 2.85. The van der Waals surface area contributed by atoms with Gasteiger partial charge < -0.3 is 0 Å². The summed E-state index contributed by atoms with van der Waals surface area (Å²) in [5, 5.41) is 0. The molecule has 0 amide bonds. The summed E-state index contributed by atoms with van der Waals surface area (Å²) >= 11 is 0. The predicted octanol–water partition coefficient (Wildman–Crippen LogP) is 3.71. The summed E-state index contributed by atoms with van der Waals surface area (Å²) in [5.41, 5.74) is 1.37. The van der Waals surface area contributed by atoms with Crippen LogP contribution in [-0.4, -0.2) is 24.0 Å². The number of rotatable bonds is 7. The quantitative estimate of drug-likeness (QED) is 0.562. The van der Waals surface area contributed by atoms with Crippen molar-refractivity contribution in [2.75, 3.05) is 13.1 Å². The molecule has 0 bridgehead atoms. The Morgan fingerprint density at radius 3 is 1.79 bits per heavy atom. The number of nitrogens with zero attached hydrogens (tertiary/aromatic N) is 1. The van der Waals surface area contributed by atoms with Gasteiger partial charge in [-0.15, -0.1) is 0 Å². The highest BCUT2D eigenvalue weighted by Crippen LogP contribution is 2.17. The maximum absolute atomic E-state index is 4.20. The van der Waals surface area contributed by atoms with Crippen LogP contribution in [0.1, 0.15) is 47.5 Å². The molecule has 0 fully saturated rings. The maximum Gasteiger partial charge on any atom is 0.0279 e. The largest absolute Gasteiger partial charge is 0.297 e. The van der Waals surface area contributed by atoms with E-state index >= 15 is 0 Å². The Kier molecular flexibility index (Phi) is 6.90. The van der Waals surface area contributed by atoms with Crippen LogP contribution in [0.2, 0.25) is 0 Å². The zero-order chi connectivity index (χ0) is 11.1. The van der Waals surface area contributed by atoms with Crippen LogP contribution >= 0.6 is 0 Å². The molecule has 0 N–H and O–H groups in total. The summed E-state index contributed by atoms with van der Waals surface area (Å²) < 4.78 is 0. The van der Waals surface area contributed by atoms with E-state index < -0.39 is 0 Å². The second kappa shape index (κ2) is 7.05. The minimum absolute atomic E-state index is 0.537. The minimum atomic E-state index is 0.537. The van der Waals surface area contributed by atoms with Crippen molar-refractivity contribution >= 4 is 0 Å². The van der Waals surface area contributed by atoms with E-state index in [4.69, 9.17) is 0 Å². The molecule has 0 aromatic carbocycles. The molecule has 0 saturated carbocycles. The van der Waals surface area contributed by atoms with Crippen LogP contribution in [-0.2, 0) is 0 Å². The zero-order valence-electron chi connectivity index (χ0n) is 10.6.